The number of rotatable bonds is 8. The maximum atomic E-state index is 12.5. The molecule has 0 spiro atoms. The lowest BCUT2D eigenvalue weighted by molar-refractivity contribution is -0.274. The average Bonchev–Trinajstić information content (AvgIpc) is 2.79. The van der Waals surface area contributed by atoms with Gasteiger partial charge in [0.2, 0.25) is 12.0 Å². The second-order valence-corrected chi connectivity index (χ2v) is 8.76. The molecule has 3 aromatic rings. The number of nitrogens with zero attached hydrogens (tertiary/aromatic N) is 1. The number of pyridine rings is 1. The summed E-state index contributed by atoms with van der Waals surface area (Å²) in [6, 6.07) is 13.4. The predicted molar refractivity (Wildman–Crippen MR) is 128 cm³/mol. The number of carboxylic acids is 1. The Bertz CT molecular complexity index is 1240. The maximum absolute atomic E-state index is 12.5. The topological polar surface area (TPSA) is 119 Å². The summed E-state index contributed by atoms with van der Waals surface area (Å²) in [5, 5.41) is 14.6. The third kappa shape index (κ3) is 8.02. The Morgan fingerprint density at radius 2 is 1.57 bits per heavy atom. The standard InChI is InChI=1S/C25H24F3N3O6/c1-24(2,3)20(22(32)33)35-18-8-4-5-9-19(18)36-21-17(7-6-14-29-21)31-23(34)30-15-10-12-16(13-11-15)37-25(26,27)28/h4-14,20H,1-3H3,(H,32,33)(H2,30,31,34). The molecule has 1 atom stereocenters. The molecule has 0 fully saturated rings. The summed E-state index contributed by atoms with van der Waals surface area (Å²) < 4.78 is 52.3. The van der Waals surface area contributed by atoms with E-state index in [1.807, 2.05) is 0 Å². The quantitative estimate of drug-likeness (QED) is 0.320. The number of nitrogens with one attached hydrogen (secondary N) is 2. The van der Waals surface area contributed by atoms with Crippen molar-refractivity contribution in [1.82, 2.24) is 4.98 Å². The van der Waals surface area contributed by atoms with Gasteiger partial charge in [-0.2, -0.15) is 0 Å². The average molecular weight is 519 g/mol. The molecule has 3 N–H and O–H groups in total. The minimum atomic E-state index is -4.83. The molecule has 1 unspecified atom stereocenters. The first-order chi connectivity index (χ1) is 17.3. The highest BCUT2D eigenvalue weighted by Gasteiger charge is 2.34. The molecule has 0 aliphatic rings. The van der Waals surface area contributed by atoms with Crippen LogP contribution in [0.25, 0.3) is 0 Å². The zero-order chi connectivity index (χ0) is 27.2. The zero-order valence-electron chi connectivity index (χ0n) is 20.0. The molecular formula is C25H24F3N3O6. The first-order valence-electron chi connectivity index (χ1n) is 10.9. The van der Waals surface area contributed by atoms with E-state index in [4.69, 9.17) is 9.47 Å². The predicted octanol–water partition coefficient (Wildman–Crippen LogP) is 6.29. The molecule has 0 bridgehead atoms. The van der Waals surface area contributed by atoms with Gasteiger partial charge in [0, 0.05) is 17.3 Å². The number of carboxylic acid groups (broad SMARTS) is 1. The smallest absolute Gasteiger partial charge is 0.478 e. The molecule has 0 aliphatic carbocycles. The van der Waals surface area contributed by atoms with Crippen molar-refractivity contribution in [1.29, 1.82) is 0 Å². The number of hydrogen-bond donors (Lipinski definition) is 3. The van der Waals surface area contributed by atoms with Gasteiger partial charge in [-0.1, -0.05) is 32.9 Å². The van der Waals surface area contributed by atoms with E-state index in [2.05, 4.69) is 20.4 Å². The van der Waals surface area contributed by atoms with Crippen molar-refractivity contribution in [3.63, 3.8) is 0 Å². The van der Waals surface area contributed by atoms with E-state index in [-0.39, 0.29) is 28.8 Å². The zero-order valence-corrected chi connectivity index (χ0v) is 20.0. The summed E-state index contributed by atoms with van der Waals surface area (Å²) >= 11 is 0. The maximum Gasteiger partial charge on any atom is 0.573 e. The second-order valence-electron chi connectivity index (χ2n) is 8.76. The number of ether oxygens (including phenoxy) is 3. The molecule has 37 heavy (non-hydrogen) atoms. The number of carbonyl (C=O) groups is 2. The summed E-state index contributed by atoms with van der Waals surface area (Å²) in [5.41, 5.74) is -0.345. The molecule has 9 nitrogen and oxygen atoms in total. The Labute approximate surface area is 210 Å². The number of alkyl halides is 3. The number of anilines is 2. The highest BCUT2D eigenvalue weighted by molar-refractivity contribution is 6.00. The lowest BCUT2D eigenvalue weighted by Gasteiger charge is -2.28. The monoisotopic (exact) mass is 519 g/mol. The molecule has 2 aromatic carbocycles. The van der Waals surface area contributed by atoms with E-state index in [0.717, 1.165) is 12.1 Å². The number of benzene rings is 2. The highest BCUT2D eigenvalue weighted by atomic mass is 19.4. The van der Waals surface area contributed by atoms with Crippen molar-refractivity contribution in [2.75, 3.05) is 10.6 Å². The van der Waals surface area contributed by atoms with Gasteiger partial charge in [0.25, 0.3) is 0 Å². The highest BCUT2D eigenvalue weighted by Crippen LogP contribution is 2.36. The van der Waals surface area contributed by atoms with E-state index in [0.29, 0.717) is 0 Å². The molecule has 3 rings (SSSR count). The third-order valence-corrected chi connectivity index (χ3v) is 4.68. The summed E-state index contributed by atoms with van der Waals surface area (Å²) in [7, 11) is 0. The van der Waals surface area contributed by atoms with Crippen LogP contribution in [0.15, 0.2) is 66.9 Å². The molecule has 0 saturated heterocycles. The largest absolute Gasteiger partial charge is 0.573 e. The van der Waals surface area contributed by atoms with Gasteiger partial charge in [0.15, 0.2) is 11.5 Å². The number of aliphatic carboxylic acids is 1. The molecule has 2 amide bonds. The third-order valence-electron chi connectivity index (χ3n) is 4.68. The van der Waals surface area contributed by atoms with Crippen molar-refractivity contribution in [2.24, 2.45) is 5.41 Å². The van der Waals surface area contributed by atoms with Gasteiger partial charge in [0.05, 0.1) is 0 Å². The normalized spacial score (nSPS) is 12.3. The number of halogens is 3. The Morgan fingerprint density at radius 1 is 0.919 bits per heavy atom. The number of urea groups is 1. The fourth-order valence-electron chi connectivity index (χ4n) is 3.05. The van der Waals surface area contributed by atoms with Crippen molar-refractivity contribution >= 4 is 23.4 Å². The molecule has 12 heteroatoms. The van der Waals surface area contributed by atoms with E-state index in [9.17, 15) is 27.9 Å². The van der Waals surface area contributed by atoms with Gasteiger partial charge < -0.3 is 30.0 Å². The van der Waals surface area contributed by atoms with Crippen LogP contribution in [0.2, 0.25) is 0 Å². The summed E-state index contributed by atoms with van der Waals surface area (Å²) in [6.07, 6.45) is -4.57. The number of aromatic nitrogens is 1. The molecule has 1 aromatic heterocycles. The van der Waals surface area contributed by atoms with E-state index in [1.165, 1.54) is 24.4 Å². The molecule has 0 saturated carbocycles. The van der Waals surface area contributed by atoms with Gasteiger partial charge in [0.1, 0.15) is 11.4 Å². The molecule has 1 heterocycles. The van der Waals surface area contributed by atoms with Gasteiger partial charge in [-0.05, 0) is 48.5 Å². The Morgan fingerprint density at radius 3 is 2.16 bits per heavy atom. The van der Waals surface area contributed by atoms with Crippen molar-refractivity contribution in [2.45, 2.75) is 33.2 Å². The summed E-state index contributed by atoms with van der Waals surface area (Å²) in [5.74, 6) is -1.26. The van der Waals surface area contributed by atoms with Crippen molar-refractivity contribution < 1.29 is 42.1 Å². The van der Waals surface area contributed by atoms with E-state index in [1.54, 1.807) is 51.1 Å². The van der Waals surface area contributed by atoms with Crippen LogP contribution in [0, 0.1) is 5.41 Å². The van der Waals surface area contributed by atoms with Crippen molar-refractivity contribution in [3.05, 3.63) is 66.9 Å². The Kier molecular flexibility index (Phi) is 8.11. The van der Waals surface area contributed by atoms with Crippen LogP contribution in [0.5, 0.6) is 23.1 Å². The van der Waals surface area contributed by atoms with E-state index >= 15 is 0 Å². The lowest BCUT2D eigenvalue weighted by Crippen LogP contribution is -2.39. The first-order valence-corrected chi connectivity index (χ1v) is 10.9. The summed E-state index contributed by atoms with van der Waals surface area (Å²) in [4.78, 5) is 28.4. The van der Waals surface area contributed by atoms with Crippen LogP contribution in [0.1, 0.15) is 20.8 Å². The molecular weight excluding hydrogens is 495 g/mol. The Balaban J connectivity index is 1.73. The van der Waals surface area contributed by atoms with Gasteiger partial charge in [-0.15, -0.1) is 13.2 Å². The van der Waals surface area contributed by atoms with Gasteiger partial charge in [-0.3, -0.25) is 0 Å². The van der Waals surface area contributed by atoms with Gasteiger partial charge >= 0.3 is 18.4 Å². The first kappa shape index (κ1) is 27.1. The number of hydrogen-bond acceptors (Lipinski definition) is 6. The van der Waals surface area contributed by atoms with E-state index < -0.39 is 35.6 Å². The minimum absolute atomic E-state index is 0.00902. The van der Waals surface area contributed by atoms with Crippen LogP contribution in [0.4, 0.5) is 29.3 Å². The van der Waals surface area contributed by atoms with Crippen LogP contribution in [0.3, 0.4) is 0 Å². The molecule has 196 valence electrons. The number of carbonyl (C=O) groups excluding carboxylic acids is 1. The van der Waals surface area contributed by atoms with Crippen LogP contribution in [-0.2, 0) is 4.79 Å². The van der Waals surface area contributed by atoms with Crippen molar-refractivity contribution in [3.8, 4) is 23.1 Å². The van der Waals surface area contributed by atoms with Gasteiger partial charge in [-0.25, -0.2) is 14.6 Å². The SMILES string of the molecule is CC(C)(C)C(Oc1ccccc1Oc1ncccc1NC(=O)Nc1ccc(OC(F)(F)F)cc1)C(=O)O. The molecule has 0 radical (unpaired) electrons. The molecule has 0 aliphatic heterocycles. The Hall–Kier alpha value is -4.48. The fourth-order valence-corrected chi connectivity index (χ4v) is 3.05. The second kappa shape index (κ2) is 11.1. The van der Waals surface area contributed by atoms with Crippen LogP contribution < -0.4 is 24.8 Å². The fraction of sp³-hybridized carbons (Fsp3) is 0.240. The number of amides is 2. The lowest BCUT2D eigenvalue weighted by atomic mass is 9.89. The van der Waals surface area contributed by atoms with Crippen LogP contribution >= 0.6 is 0 Å². The number of para-hydroxylation sites is 2. The summed E-state index contributed by atoms with van der Waals surface area (Å²) in [6.45, 7) is 5.18. The van der Waals surface area contributed by atoms with Crippen LogP contribution in [-0.4, -0.2) is 34.6 Å². The minimum Gasteiger partial charge on any atom is -0.478 e.